The van der Waals surface area contributed by atoms with Crippen molar-refractivity contribution < 1.29 is 4.74 Å². The SMILES string of the molecule is [C-]#[N+]c1ccccc1Sc1cc(-c2cnn(C3CCN(CCOC)CC3)c2C)cn2ncc(C#N)c12. The van der Waals surface area contributed by atoms with Crippen LogP contribution in [0.4, 0.5) is 5.69 Å². The van der Waals surface area contributed by atoms with Gasteiger partial charge in [-0.15, -0.1) is 0 Å². The molecular weight excluding hydrogens is 470 g/mol. The maximum atomic E-state index is 9.68. The highest BCUT2D eigenvalue weighted by Crippen LogP contribution is 2.40. The summed E-state index contributed by atoms with van der Waals surface area (Å²) in [6.45, 7) is 13.5. The number of aromatic nitrogens is 4. The lowest BCUT2D eigenvalue weighted by Gasteiger charge is -2.32. The number of nitriles is 1. The Labute approximate surface area is 214 Å². The Hall–Kier alpha value is -3.63. The van der Waals surface area contributed by atoms with E-state index in [2.05, 4.69) is 38.6 Å². The van der Waals surface area contributed by atoms with Crippen LogP contribution in [-0.4, -0.2) is 57.6 Å². The molecular formula is C27H27N7OS. The van der Waals surface area contributed by atoms with E-state index in [9.17, 15) is 5.26 Å². The molecule has 36 heavy (non-hydrogen) atoms. The van der Waals surface area contributed by atoms with Gasteiger partial charge in [0.25, 0.3) is 0 Å². The van der Waals surface area contributed by atoms with Crippen LogP contribution in [0.1, 0.15) is 30.1 Å². The van der Waals surface area contributed by atoms with E-state index in [1.807, 2.05) is 36.7 Å². The minimum atomic E-state index is 0.371. The maximum absolute atomic E-state index is 9.68. The zero-order chi connectivity index (χ0) is 25.1. The van der Waals surface area contributed by atoms with Crippen molar-refractivity contribution in [3.63, 3.8) is 0 Å². The highest BCUT2D eigenvalue weighted by atomic mass is 32.2. The largest absolute Gasteiger partial charge is 0.383 e. The van der Waals surface area contributed by atoms with E-state index in [0.717, 1.165) is 71.2 Å². The van der Waals surface area contributed by atoms with E-state index in [1.54, 1.807) is 17.8 Å². The molecule has 9 heteroatoms. The first kappa shape index (κ1) is 24.1. The van der Waals surface area contributed by atoms with E-state index in [-0.39, 0.29) is 0 Å². The molecule has 3 aromatic heterocycles. The number of hydrogen-bond donors (Lipinski definition) is 0. The van der Waals surface area contributed by atoms with Gasteiger partial charge in [0.2, 0.25) is 5.69 Å². The maximum Gasteiger partial charge on any atom is 0.200 e. The first-order valence-electron chi connectivity index (χ1n) is 11.9. The number of para-hydroxylation sites is 1. The van der Waals surface area contributed by atoms with Crippen LogP contribution in [0.15, 0.2) is 58.7 Å². The van der Waals surface area contributed by atoms with Gasteiger partial charge in [-0.2, -0.15) is 15.5 Å². The van der Waals surface area contributed by atoms with Gasteiger partial charge in [-0.25, -0.2) is 9.36 Å². The average molecular weight is 498 g/mol. The van der Waals surface area contributed by atoms with Crippen molar-refractivity contribution in [1.29, 1.82) is 5.26 Å². The summed E-state index contributed by atoms with van der Waals surface area (Å²) in [4.78, 5) is 7.85. The Morgan fingerprint density at radius 3 is 2.75 bits per heavy atom. The lowest BCUT2D eigenvalue weighted by molar-refractivity contribution is 0.119. The molecule has 1 aliphatic rings. The number of nitrogens with zero attached hydrogens (tertiary/aromatic N) is 7. The summed E-state index contributed by atoms with van der Waals surface area (Å²) in [6.07, 6.45) is 7.61. The Morgan fingerprint density at radius 1 is 1.19 bits per heavy atom. The fraction of sp³-hybridized carbons (Fsp3) is 0.333. The fourth-order valence-corrected chi connectivity index (χ4v) is 5.92. The second-order valence-electron chi connectivity index (χ2n) is 8.89. The third-order valence-electron chi connectivity index (χ3n) is 6.77. The van der Waals surface area contributed by atoms with E-state index < -0.39 is 0 Å². The molecule has 1 aliphatic heterocycles. The van der Waals surface area contributed by atoms with Gasteiger partial charge in [0.1, 0.15) is 6.07 Å². The molecule has 0 amide bonds. The molecule has 0 saturated carbocycles. The molecule has 0 radical (unpaired) electrons. The van der Waals surface area contributed by atoms with Crippen LogP contribution in [0.25, 0.3) is 21.5 Å². The summed E-state index contributed by atoms with van der Waals surface area (Å²) in [7, 11) is 1.75. The van der Waals surface area contributed by atoms with Crippen LogP contribution < -0.4 is 0 Å². The normalized spacial score (nSPS) is 14.7. The van der Waals surface area contributed by atoms with Crippen molar-refractivity contribution in [3.05, 3.63) is 71.6 Å². The second-order valence-corrected chi connectivity index (χ2v) is 9.98. The molecule has 0 aliphatic carbocycles. The topological polar surface area (TPSA) is 75.7 Å². The number of hydrogen-bond acceptors (Lipinski definition) is 6. The summed E-state index contributed by atoms with van der Waals surface area (Å²) < 4.78 is 9.16. The summed E-state index contributed by atoms with van der Waals surface area (Å²) in [5, 5.41) is 18.9. The molecule has 0 bridgehead atoms. The molecule has 1 fully saturated rings. The molecule has 5 rings (SSSR count). The van der Waals surface area contributed by atoms with Gasteiger partial charge in [-0.3, -0.25) is 4.68 Å². The molecule has 1 aromatic carbocycles. The van der Waals surface area contributed by atoms with Crippen LogP contribution >= 0.6 is 11.8 Å². The van der Waals surface area contributed by atoms with Crippen LogP contribution in [0.2, 0.25) is 0 Å². The second kappa shape index (κ2) is 10.5. The Morgan fingerprint density at radius 2 is 2.00 bits per heavy atom. The third kappa shape index (κ3) is 4.61. The van der Waals surface area contributed by atoms with Crippen LogP contribution in [0.3, 0.4) is 0 Å². The number of benzene rings is 1. The standard InChI is InChI=1S/C27H27N7OS/c1-19-23(17-31-34(19)22-8-10-32(11-9-22)12-13-35-3)20-14-26(27-21(15-28)16-30-33(27)18-20)36-25-7-5-4-6-24(25)29-2/h4-7,14,16-18,22H,8-13H2,1,3H3. The fourth-order valence-electron chi connectivity index (χ4n) is 4.83. The Balaban J connectivity index is 1.49. The summed E-state index contributed by atoms with van der Waals surface area (Å²) in [6, 6.07) is 12.2. The van der Waals surface area contributed by atoms with Crippen molar-refractivity contribution in [2.75, 3.05) is 33.4 Å². The zero-order valence-corrected chi connectivity index (χ0v) is 21.2. The number of pyridine rings is 1. The van der Waals surface area contributed by atoms with Gasteiger partial charge < -0.3 is 9.64 Å². The Kier molecular flexibility index (Phi) is 7.06. The van der Waals surface area contributed by atoms with Gasteiger partial charge in [0.15, 0.2) is 0 Å². The molecule has 0 unspecified atom stereocenters. The molecule has 4 heterocycles. The van der Waals surface area contributed by atoms with Crippen molar-refractivity contribution in [2.45, 2.75) is 35.6 Å². The monoisotopic (exact) mass is 497 g/mol. The minimum Gasteiger partial charge on any atom is -0.383 e. The summed E-state index contributed by atoms with van der Waals surface area (Å²) >= 11 is 1.49. The Bertz CT molecular complexity index is 1470. The molecule has 0 atom stereocenters. The number of ether oxygens (including phenoxy) is 1. The molecule has 8 nitrogen and oxygen atoms in total. The minimum absolute atomic E-state index is 0.371. The predicted octanol–water partition coefficient (Wildman–Crippen LogP) is 5.36. The smallest absolute Gasteiger partial charge is 0.200 e. The van der Waals surface area contributed by atoms with Crippen LogP contribution in [0.5, 0.6) is 0 Å². The summed E-state index contributed by atoms with van der Waals surface area (Å²) in [5.74, 6) is 0. The number of rotatable bonds is 7. The van der Waals surface area contributed by atoms with Gasteiger partial charge in [-0.05, 0) is 25.8 Å². The molecule has 1 saturated heterocycles. The first-order valence-corrected chi connectivity index (χ1v) is 12.8. The van der Waals surface area contributed by atoms with Crippen LogP contribution in [0, 0.1) is 24.8 Å². The van der Waals surface area contributed by atoms with Gasteiger partial charge in [0.05, 0.1) is 42.7 Å². The van der Waals surface area contributed by atoms with Crippen molar-refractivity contribution in [1.82, 2.24) is 24.3 Å². The van der Waals surface area contributed by atoms with E-state index in [4.69, 9.17) is 16.4 Å². The first-order chi connectivity index (χ1) is 17.6. The molecule has 0 spiro atoms. The van der Waals surface area contributed by atoms with E-state index in [0.29, 0.717) is 17.3 Å². The van der Waals surface area contributed by atoms with Gasteiger partial charge in [0, 0.05) is 59.6 Å². The zero-order valence-electron chi connectivity index (χ0n) is 20.4. The van der Waals surface area contributed by atoms with Crippen LogP contribution in [-0.2, 0) is 4.74 Å². The van der Waals surface area contributed by atoms with Gasteiger partial charge in [-0.1, -0.05) is 36.0 Å². The van der Waals surface area contributed by atoms with Gasteiger partial charge >= 0.3 is 0 Å². The number of fused-ring (bicyclic) bond motifs is 1. The average Bonchev–Trinajstić information content (AvgIpc) is 3.51. The lowest BCUT2D eigenvalue weighted by atomic mass is 10.0. The van der Waals surface area contributed by atoms with Crippen molar-refractivity contribution in [2.24, 2.45) is 0 Å². The van der Waals surface area contributed by atoms with Crippen molar-refractivity contribution >= 4 is 23.0 Å². The number of likely N-dealkylation sites (tertiary alicyclic amines) is 1. The summed E-state index contributed by atoms with van der Waals surface area (Å²) in [5.41, 5.74) is 5.00. The molecule has 182 valence electrons. The highest BCUT2D eigenvalue weighted by molar-refractivity contribution is 7.99. The predicted molar refractivity (Wildman–Crippen MR) is 139 cm³/mol. The highest BCUT2D eigenvalue weighted by Gasteiger charge is 2.24. The lowest BCUT2D eigenvalue weighted by Crippen LogP contribution is -2.37. The number of methoxy groups -OCH3 is 1. The van der Waals surface area contributed by atoms with Crippen molar-refractivity contribution in [3.8, 4) is 17.2 Å². The van der Waals surface area contributed by atoms with E-state index in [1.165, 1.54) is 11.8 Å². The van der Waals surface area contributed by atoms with E-state index >= 15 is 0 Å². The number of piperidine rings is 1. The molecule has 0 N–H and O–H groups in total. The quantitative estimate of drug-likeness (QED) is 0.320. The third-order valence-corrected chi connectivity index (χ3v) is 7.87. The molecule has 4 aromatic rings.